The van der Waals surface area contributed by atoms with Crippen LogP contribution in [-0.4, -0.2) is 33.8 Å². The summed E-state index contributed by atoms with van der Waals surface area (Å²) in [4.78, 5) is 33.2. The van der Waals surface area contributed by atoms with Crippen molar-refractivity contribution in [2.24, 2.45) is 0 Å². The molecule has 0 unspecified atom stereocenters. The molecule has 5 aromatic rings. The first-order valence-corrected chi connectivity index (χ1v) is 14.5. The number of carbonyl (C=O) groups excluding carboxylic acids is 1. The van der Waals surface area contributed by atoms with Gasteiger partial charge in [0.2, 0.25) is 15.7 Å². The minimum absolute atomic E-state index is 0.0650. The van der Waals surface area contributed by atoms with E-state index < -0.39 is 20.7 Å². The highest BCUT2D eigenvalue weighted by Crippen LogP contribution is 2.37. The molecule has 208 valence electrons. The monoisotopic (exact) mass is 569 g/mol. The average Bonchev–Trinajstić information content (AvgIpc) is 3.26. The van der Waals surface area contributed by atoms with Gasteiger partial charge in [0.1, 0.15) is 16.2 Å². The summed E-state index contributed by atoms with van der Waals surface area (Å²) in [7, 11) is -4.15. The number of carbonyl (C=O) groups is 1. The molecule has 0 aliphatic rings. The van der Waals surface area contributed by atoms with Gasteiger partial charge >= 0.3 is 0 Å². The van der Waals surface area contributed by atoms with Crippen molar-refractivity contribution in [3.05, 3.63) is 100 Å². The zero-order chi connectivity index (χ0) is 29.1. The molecule has 1 N–H and O–H groups in total. The number of hydrogen-bond donors (Lipinski definition) is 1. The van der Waals surface area contributed by atoms with Crippen LogP contribution in [0, 0.1) is 17.0 Å². The van der Waals surface area contributed by atoms with Gasteiger partial charge in [0, 0.05) is 24.8 Å². The van der Waals surface area contributed by atoms with E-state index in [1.54, 1.807) is 41.0 Å². The van der Waals surface area contributed by atoms with Crippen molar-refractivity contribution in [3.63, 3.8) is 0 Å². The summed E-state index contributed by atoms with van der Waals surface area (Å²) in [5.74, 6) is -0.542. The SMILES string of the molecule is CCCCn1c(NC(=O)/C=C/c2cccc([N+](=O)[O-])c2)c(S(=O)(=O)c2ccc(C)cc2)c2nc3ccccc3nc21. The minimum atomic E-state index is -4.15. The first kappa shape index (κ1) is 27.7. The van der Waals surface area contributed by atoms with E-state index in [2.05, 4.69) is 5.32 Å². The van der Waals surface area contributed by atoms with Crippen molar-refractivity contribution in [2.75, 3.05) is 5.32 Å². The number of rotatable bonds is 9. The minimum Gasteiger partial charge on any atom is -0.309 e. The summed E-state index contributed by atoms with van der Waals surface area (Å²) < 4.78 is 30.0. The number of non-ortho nitro benzene ring substituents is 1. The van der Waals surface area contributed by atoms with Gasteiger partial charge in [-0.05, 0) is 49.2 Å². The van der Waals surface area contributed by atoms with Crippen molar-refractivity contribution in [2.45, 2.75) is 43.0 Å². The van der Waals surface area contributed by atoms with Crippen LogP contribution in [-0.2, 0) is 21.2 Å². The first-order chi connectivity index (χ1) is 19.7. The molecule has 0 fully saturated rings. The Bertz CT molecular complexity index is 1930. The number of nitrogens with one attached hydrogen (secondary N) is 1. The largest absolute Gasteiger partial charge is 0.309 e. The number of aromatic nitrogens is 3. The maximum Gasteiger partial charge on any atom is 0.270 e. The smallest absolute Gasteiger partial charge is 0.270 e. The number of nitrogens with zero attached hydrogens (tertiary/aromatic N) is 4. The van der Waals surface area contributed by atoms with E-state index in [-0.39, 0.29) is 26.8 Å². The quantitative estimate of drug-likeness (QED) is 0.129. The van der Waals surface area contributed by atoms with Crippen LogP contribution in [0.15, 0.2) is 88.7 Å². The molecular weight excluding hydrogens is 542 g/mol. The molecule has 41 heavy (non-hydrogen) atoms. The molecule has 0 saturated heterocycles. The Labute approximate surface area is 236 Å². The number of unbranched alkanes of at least 4 members (excludes halogenated alkanes) is 1. The molecule has 5 rings (SSSR count). The van der Waals surface area contributed by atoms with Gasteiger partial charge in [-0.1, -0.05) is 55.3 Å². The summed E-state index contributed by atoms with van der Waals surface area (Å²) in [6, 6.07) is 19.5. The Morgan fingerprint density at radius 3 is 2.41 bits per heavy atom. The molecule has 0 aliphatic carbocycles. The zero-order valence-electron chi connectivity index (χ0n) is 22.4. The molecule has 0 saturated carbocycles. The molecule has 0 atom stereocenters. The zero-order valence-corrected chi connectivity index (χ0v) is 23.3. The van der Waals surface area contributed by atoms with Crippen LogP contribution in [0.2, 0.25) is 0 Å². The van der Waals surface area contributed by atoms with Gasteiger partial charge in [0.05, 0.1) is 20.9 Å². The Hall–Kier alpha value is -4.90. The van der Waals surface area contributed by atoms with Crippen LogP contribution in [0.25, 0.3) is 28.3 Å². The second-order valence-electron chi connectivity index (χ2n) is 9.56. The lowest BCUT2D eigenvalue weighted by Crippen LogP contribution is -2.16. The van der Waals surface area contributed by atoms with Gasteiger partial charge in [-0.15, -0.1) is 0 Å². The molecule has 0 radical (unpaired) electrons. The average molecular weight is 570 g/mol. The van der Waals surface area contributed by atoms with Gasteiger partial charge in [-0.3, -0.25) is 14.9 Å². The highest BCUT2D eigenvalue weighted by atomic mass is 32.2. The number of nitro groups is 1. The Morgan fingerprint density at radius 2 is 1.73 bits per heavy atom. The van der Waals surface area contributed by atoms with Gasteiger partial charge in [0.25, 0.3) is 5.69 Å². The van der Waals surface area contributed by atoms with Crippen LogP contribution in [0.3, 0.4) is 0 Å². The van der Waals surface area contributed by atoms with Crippen LogP contribution >= 0.6 is 0 Å². The Balaban J connectivity index is 1.69. The van der Waals surface area contributed by atoms with Crippen LogP contribution in [0.4, 0.5) is 11.5 Å². The fourth-order valence-corrected chi connectivity index (χ4v) is 6.03. The number of nitro benzene ring substituents is 1. The number of aryl methyl sites for hydroxylation is 2. The third kappa shape index (κ3) is 5.57. The lowest BCUT2D eigenvalue weighted by Gasteiger charge is -2.12. The summed E-state index contributed by atoms with van der Waals surface area (Å²) >= 11 is 0. The number of hydrogen-bond acceptors (Lipinski definition) is 7. The molecule has 0 aliphatic heterocycles. The fraction of sp³-hybridized carbons (Fsp3) is 0.167. The number of fused-ring (bicyclic) bond motifs is 2. The molecule has 10 nitrogen and oxygen atoms in total. The number of sulfone groups is 1. The van der Waals surface area contributed by atoms with Crippen molar-refractivity contribution < 1.29 is 18.1 Å². The van der Waals surface area contributed by atoms with E-state index in [0.717, 1.165) is 12.0 Å². The standard InChI is InChI=1S/C30H27N5O5S/c1-3-4-18-34-29-27(31-24-10-5-6-11-25(24)32-29)28(41(39,40)23-15-12-20(2)13-16-23)30(34)33-26(36)17-14-21-8-7-9-22(19-21)35(37)38/h5-17,19H,3-4,18H2,1-2H3,(H,33,36)/b17-14+. The van der Waals surface area contributed by atoms with Crippen LogP contribution < -0.4 is 5.32 Å². The predicted molar refractivity (Wildman–Crippen MR) is 157 cm³/mol. The first-order valence-electron chi connectivity index (χ1n) is 13.0. The van der Waals surface area contributed by atoms with Gasteiger partial charge < -0.3 is 9.88 Å². The number of amides is 1. The number of anilines is 1. The second-order valence-corrected chi connectivity index (χ2v) is 11.4. The van der Waals surface area contributed by atoms with E-state index in [1.165, 1.54) is 42.5 Å². The molecule has 1 amide bonds. The Morgan fingerprint density at radius 1 is 1.02 bits per heavy atom. The number of benzene rings is 3. The van der Waals surface area contributed by atoms with Gasteiger partial charge in [-0.25, -0.2) is 18.4 Å². The number of para-hydroxylation sites is 2. The molecule has 2 aromatic heterocycles. The molecular formula is C30H27N5O5S. The summed E-state index contributed by atoms with van der Waals surface area (Å²) in [5.41, 5.74) is 2.87. The van der Waals surface area contributed by atoms with Crippen molar-refractivity contribution in [1.29, 1.82) is 0 Å². The molecule has 3 aromatic carbocycles. The molecule has 11 heteroatoms. The lowest BCUT2D eigenvalue weighted by atomic mass is 10.2. The molecule has 2 heterocycles. The van der Waals surface area contributed by atoms with Crippen molar-refractivity contribution in [1.82, 2.24) is 14.5 Å². The van der Waals surface area contributed by atoms with E-state index in [4.69, 9.17) is 9.97 Å². The summed E-state index contributed by atoms with van der Waals surface area (Å²) in [5, 5.41) is 13.9. The highest BCUT2D eigenvalue weighted by Gasteiger charge is 2.32. The molecule has 0 spiro atoms. The van der Waals surface area contributed by atoms with Crippen molar-refractivity contribution >= 4 is 55.5 Å². The Kier molecular flexibility index (Phi) is 7.62. The fourth-order valence-electron chi connectivity index (χ4n) is 4.49. The van der Waals surface area contributed by atoms with Crippen molar-refractivity contribution in [3.8, 4) is 0 Å². The third-order valence-corrected chi connectivity index (χ3v) is 8.41. The lowest BCUT2D eigenvalue weighted by molar-refractivity contribution is -0.384. The van der Waals surface area contributed by atoms with E-state index in [1.807, 2.05) is 19.9 Å². The topological polar surface area (TPSA) is 137 Å². The molecule has 0 bridgehead atoms. The van der Waals surface area contributed by atoms with E-state index in [0.29, 0.717) is 35.2 Å². The maximum atomic E-state index is 14.2. The second kappa shape index (κ2) is 11.3. The third-order valence-electron chi connectivity index (χ3n) is 6.59. The summed E-state index contributed by atoms with van der Waals surface area (Å²) in [6.07, 6.45) is 4.16. The van der Waals surface area contributed by atoms with E-state index >= 15 is 0 Å². The normalized spacial score (nSPS) is 11.9. The highest BCUT2D eigenvalue weighted by molar-refractivity contribution is 7.92. The van der Waals surface area contributed by atoms with Crippen LogP contribution in [0.5, 0.6) is 0 Å². The van der Waals surface area contributed by atoms with Gasteiger partial charge in [-0.2, -0.15) is 0 Å². The summed E-state index contributed by atoms with van der Waals surface area (Å²) in [6.45, 7) is 4.27. The van der Waals surface area contributed by atoms with Gasteiger partial charge in [0.15, 0.2) is 5.65 Å². The van der Waals surface area contributed by atoms with Crippen LogP contribution in [0.1, 0.15) is 30.9 Å². The maximum absolute atomic E-state index is 14.2. The van der Waals surface area contributed by atoms with E-state index in [9.17, 15) is 23.3 Å². The predicted octanol–water partition coefficient (Wildman–Crippen LogP) is 6.09.